The number of fused-ring (bicyclic) bond motifs is 2. The van der Waals surface area contributed by atoms with E-state index in [1.165, 1.54) is 11.8 Å². The number of H-pyrrole nitrogens is 1. The summed E-state index contributed by atoms with van der Waals surface area (Å²) >= 11 is 7.73. The first-order valence-electron chi connectivity index (χ1n) is 9.86. The van der Waals surface area contributed by atoms with Gasteiger partial charge in [0.25, 0.3) is 5.56 Å². The van der Waals surface area contributed by atoms with E-state index >= 15 is 0 Å². The molecular weight excluding hydrogens is 428 g/mol. The fourth-order valence-electron chi connectivity index (χ4n) is 3.69. The lowest BCUT2D eigenvalue weighted by Crippen LogP contribution is -2.31. The maximum atomic E-state index is 12.7. The number of halogens is 1. The molecule has 8 nitrogen and oxygen atoms in total. The van der Waals surface area contributed by atoms with Crippen molar-refractivity contribution in [2.45, 2.75) is 48.4 Å². The summed E-state index contributed by atoms with van der Waals surface area (Å²) in [5.74, 6) is 2.72. The third-order valence-electron chi connectivity index (χ3n) is 5.49. The van der Waals surface area contributed by atoms with Crippen molar-refractivity contribution in [3.05, 3.63) is 49.4 Å². The van der Waals surface area contributed by atoms with Crippen LogP contribution in [-0.4, -0.2) is 26.3 Å². The van der Waals surface area contributed by atoms with Gasteiger partial charge >= 0.3 is 5.69 Å². The Morgan fingerprint density at radius 3 is 2.77 bits per heavy atom. The number of thioether (sulfide) groups is 1. The highest BCUT2D eigenvalue weighted by Gasteiger charge is 2.32. The van der Waals surface area contributed by atoms with E-state index in [0.29, 0.717) is 50.1 Å². The zero-order valence-electron chi connectivity index (χ0n) is 15.8. The fraction of sp³-hybridized carbons (Fsp3) is 0.400. The topological polar surface area (TPSA) is 99.1 Å². The summed E-state index contributed by atoms with van der Waals surface area (Å²) < 4.78 is 12.4. The molecule has 3 heterocycles. The minimum Gasteiger partial charge on any atom is -0.454 e. The maximum absolute atomic E-state index is 12.7. The van der Waals surface area contributed by atoms with E-state index in [1.54, 1.807) is 4.57 Å². The van der Waals surface area contributed by atoms with Crippen molar-refractivity contribution in [3.8, 4) is 11.5 Å². The molecular formula is C20H17ClN4O4S. The number of rotatable bonds is 5. The highest BCUT2D eigenvalue weighted by molar-refractivity contribution is 7.98. The molecule has 0 spiro atoms. The molecule has 1 aliphatic heterocycles. The van der Waals surface area contributed by atoms with Gasteiger partial charge in [0, 0.05) is 17.7 Å². The van der Waals surface area contributed by atoms with Gasteiger partial charge in [-0.15, -0.1) is 11.8 Å². The first kappa shape index (κ1) is 18.3. The molecule has 0 amide bonds. The number of benzene rings is 1. The molecule has 2 aromatic heterocycles. The van der Waals surface area contributed by atoms with Crippen LogP contribution >= 0.6 is 23.4 Å². The molecule has 154 valence electrons. The molecule has 0 unspecified atom stereocenters. The lowest BCUT2D eigenvalue weighted by molar-refractivity contribution is 0.174. The summed E-state index contributed by atoms with van der Waals surface area (Å²) in [5.41, 5.74) is 0.546. The van der Waals surface area contributed by atoms with Gasteiger partial charge < -0.3 is 9.47 Å². The highest BCUT2D eigenvalue weighted by Crippen LogP contribution is 2.43. The van der Waals surface area contributed by atoms with Gasteiger partial charge in [-0.05, 0) is 43.4 Å². The third kappa shape index (κ3) is 3.07. The smallest absolute Gasteiger partial charge is 0.330 e. The number of nitrogens with one attached hydrogen (secondary N) is 1. The summed E-state index contributed by atoms with van der Waals surface area (Å²) in [6.07, 6.45) is 3.90. The van der Waals surface area contributed by atoms with Crippen molar-refractivity contribution < 1.29 is 9.47 Å². The normalized spacial score (nSPS) is 17.6. The predicted octanol–water partition coefficient (Wildman–Crippen LogP) is 3.37. The number of hydrogen-bond donors (Lipinski definition) is 1. The number of nitrogens with zero attached hydrogens (tertiary/aromatic N) is 3. The van der Waals surface area contributed by atoms with Gasteiger partial charge in [0.15, 0.2) is 17.1 Å². The molecule has 2 aliphatic carbocycles. The van der Waals surface area contributed by atoms with Gasteiger partial charge in [0.1, 0.15) is 16.2 Å². The SMILES string of the molecule is O=c1[nH]c(=O)n(C2CC2)c2nc(C3CC3)nc(SCc3cc(Cl)c4c(c3)OCO4)c12. The fourth-order valence-corrected chi connectivity index (χ4v) is 4.93. The molecule has 2 saturated carbocycles. The van der Waals surface area contributed by atoms with Crippen LogP contribution in [0.4, 0.5) is 0 Å². The lowest BCUT2D eigenvalue weighted by atomic mass is 10.2. The molecule has 0 saturated heterocycles. The van der Waals surface area contributed by atoms with Crippen LogP contribution in [0.5, 0.6) is 11.5 Å². The largest absolute Gasteiger partial charge is 0.454 e. The van der Waals surface area contributed by atoms with E-state index in [9.17, 15) is 9.59 Å². The summed E-state index contributed by atoms with van der Waals surface area (Å²) in [4.78, 5) is 37.0. The van der Waals surface area contributed by atoms with Crippen LogP contribution in [0, 0.1) is 0 Å². The standard InChI is InChI=1S/C20H17ClN4O4S/c21-12-5-9(6-13-15(12)29-8-28-13)7-30-19-14-17(22-16(23-19)10-1-2-10)25(11-3-4-11)20(27)24-18(14)26/h5-6,10-11H,1-4,7-8H2,(H,24,26,27). The summed E-state index contributed by atoms with van der Waals surface area (Å²) in [7, 11) is 0. The van der Waals surface area contributed by atoms with E-state index in [4.69, 9.17) is 26.1 Å². The van der Waals surface area contributed by atoms with Gasteiger partial charge in [0.2, 0.25) is 6.79 Å². The van der Waals surface area contributed by atoms with E-state index in [0.717, 1.165) is 31.2 Å². The Morgan fingerprint density at radius 1 is 1.17 bits per heavy atom. The molecule has 0 bridgehead atoms. The van der Waals surface area contributed by atoms with Crippen LogP contribution in [0.25, 0.3) is 11.0 Å². The first-order valence-corrected chi connectivity index (χ1v) is 11.2. The van der Waals surface area contributed by atoms with Crippen molar-refractivity contribution in [2.75, 3.05) is 6.79 Å². The molecule has 0 atom stereocenters. The molecule has 10 heteroatoms. The van der Waals surface area contributed by atoms with Crippen molar-refractivity contribution in [2.24, 2.45) is 0 Å². The Balaban J connectivity index is 1.44. The maximum Gasteiger partial charge on any atom is 0.330 e. The van der Waals surface area contributed by atoms with E-state index in [1.807, 2.05) is 12.1 Å². The molecule has 3 aromatic rings. The number of aromatic amines is 1. The van der Waals surface area contributed by atoms with Crippen LogP contribution in [0.2, 0.25) is 5.02 Å². The molecule has 6 rings (SSSR count). The van der Waals surface area contributed by atoms with Crippen molar-refractivity contribution >= 4 is 34.4 Å². The Morgan fingerprint density at radius 2 is 2.00 bits per heavy atom. The zero-order chi connectivity index (χ0) is 20.4. The molecule has 0 radical (unpaired) electrons. The minimum atomic E-state index is -0.444. The van der Waals surface area contributed by atoms with Crippen LogP contribution in [0.3, 0.4) is 0 Å². The zero-order valence-corrected chi connectivity index (χ0v) is 17.4. The summed E-state index contributed by atoms with van der Waals surface area (Å²) in [6, 6.07) is 3.82. The van der Waals surface area contributed by atoms with Gasteiger partial charge in [-0.1, -0.05) is 11.6 Å². The second-order valence-electron chi connectivity index (χ2n) is 7.82. The quantitative estimate of drug-likeness (QED) is 0.475. The van der Waals surface area contributed by atoms with Crippen molar-refractivity contribution in [1.29, 1.82) is 0 Å². The molecule has 30 heavy (non-hydrogen) atoms. The highest BCUT2D eigenvalue weighted by atomic mass is 35.5. The first-order chi connectivity index (χ1) is 14.6. The third-order valence-corrected chi connectivity index (χ3v) is 6.81. The Kier molecular flexibility index (Phi) is 4.11. The Bertz CT molecular complexity index is 1310. The number of ether oxygens (including phenoxy) is 2. The number of hydrogen-bond acceptors (Lipinski definition) is 7. The van der Waals surface area contributed by atoms with Crippen LogP contribution in [0.1, 0.15) is 49.0 Å². The summed E-state index contributed by atoms with van der Waals surface area (Å²) in [5, 5.41) is 1.46. The van der Waals surface area contributed by atoms with Gasteiger partial charge in [-0.2, -0.15) is 0 Å². The van der Waals surface area contributed by atoms with E-state index in [2.05, 4.69) is 9.97 Å². The van der Waals surface area contributed by atoms with Crippen molar-refractivity contribution in [3.63, 3.8) is 0 Å². The predicted molar refractivity (Wildman–Crippen MR) is 112 cm³/mol. The second kappa shape index (κ2) is 6.75. The Hall–Kier alpha value is -2.52. The second-order valence-corrected chi connectivity index (χ2v) is 9.19. The van der Waals surface area contributed by atoms with Crippen LogP contribution in [0.15, 0.2) is 26.7 Å². The van der Waals surface area contributed by atoms with Crippen molar-refractivity contribution in [1.82, 2.24) is 19.5 Å². The Labute approximate surface area is 179 Å². The monoisotopic (exact) mass is 444 g/mol. The van der Waals surface area contributed by atoms with E-state index in [-0.39, 0.29) is 12.8 Å². The molecule has 1 N–H and O–H groups in total. The van der Waals surface area contributed by atoms with Gasteiger partial charge in [-0.3, -0.25) is 14.3 Å². The van der Waals surface area contributed by atoms with Crippen LogP contribution < -0.4 is 20.7 Å². The summed E-state index contributed by atoms with van der Waals surface area (Å²) in [6.45, 7) is 0.154. The molecule has 1 aromatic carbocycles. The molecule has 3 aliphatic rings. The minimum absolute atomic E-state index is 0.101. The van der Waals surface area contributed by atoms with Gasteiger partial charge in [-0.25, -0.2) is 14.8 Å². The average molecular weight is 445 g/mol. The average Bonchev–Trinajstić information content (AvgIpc) is 3.64. The van der Waals surface area contributed by atoms with Gasteiger partial charge in [0.05, 0.1) is 5.02 Å². The van der Waals surface area contributed by atoms with E-state index < -0.39 is 11.2 Å². The molecule has 2 fully saturated rings. The number of aromatic nitrogens is 4. The lowest BCUT2D eigenvalue weighted by Gasteiger charge is -2.12. The van der Waals surface area contributed by atoms with Crippen LogP contribution in [-0.2, 0) is 5.75 Å².